The Morgan fingerprint density at radius 2 is 2.26 bits per heavy atom. The summed E-state index contributed by atoms with van der Waals surface area (Å²) < 4.78 is 7.35. The number of hydrogen-bond donors (Lipinski definition) is 2. The molecule has 1 heterocycles. The molecule has 0 unspecified atom stereocenters. The highest BCUT2D eigenvalue weighted by atomic mass is 79.9. The fourth-order valence-corrected chi connectivity index (χ4v) is 1.94. The van der Waals surface area contributed by atoms with E-state index in [1.54, 1.807) is 38.6 Å². The summed E-state index contributed by atoms with van der Waals surface area (Å²) in [5.74, 6) is 0.277. The summed E-state index contributed by atoms with van der Waals surface area (Å²) in [6, 6.07) is 5.28. The number of rotatable bonds is 3. The molecule has 0 saturated heterocycles. The maximum Gasteiger partial charge on any atom is 0.278 e. The normalized spacial score (nSPS) is 10.3. The standard InChI is InChI=1S/C12H13BrN4O2/c1-17-6-9(14)11(16-17)12(18)15-10-5-7(19-2)3-4-8(10)13/h3-6H,14H2,1-2H3,(H,15,18). The van der Waals surface area contributed by atoms with E-state index in [1.165, 1.54) is 4.68 Å². The summed E-state index contributed by atoms with van der Waals surface area (Å²) in [5.41, 5.74) is 6.83. The van der Waals surface area contributed by atoms with Gasteiger partial charge >= 0.3 is 0 Å². The summed E-state index contributed by atoms with van der Waals surface area (Å²) in [7, 11) is 3.26. The largest absolute Gasteiger partial charge is 0.497 e. The quantitative estimate of drug-likeness (QED) is 0.905. The van der Waals surface area contributed by atoms with Gasteiger partial charge in [-0.15, -0.1) is 0 Å². The van der Waals surface area contributed by atoms with Crippen molar-refractivity contribution >= 4 is 33.2 Å². The molecule has 0 fully saturated rings. The van der Waals surface area contributed by atoms with Gasteiger partial charge in [0, 0.05) is 23.8 Å². The monoisotopic (exact) mass is 324 g/mol. The van der Waals surface area contributed by atoms with Crippen LogP contribution < -0.4 is 15.8 Å². The van der Waals surface area contributed by atoms with Crippen molar-refractivity contribution < 1.29 is 9.53 Å². The van der Waals surface area contributed by atoms with Crippen molar-refractivity contribution in [1.29, 1.82) is 0 Å². The lowest BCUT2D eigenvalue weighted by atomic mass is 10.3. The highest BCUT2D eigenvalue weighted by Crippen LogP contribution is 2.27. The lowest BCUT2D eigenvalue weighted by Crippen LogP contribution is -2.15. The van der Waals surface area contributed by atoms with Crippen LogP contribution in [0.2, 0.25) is 0 Å². The van der Waals surface area contributed by atoms with Gasteiger partial charge in [0.25, 0.3) is 5.91 Å². The number of carbonyl (C=O) groups excluding carboxylic acids is 1. The number of hydrogen-bond acceptors (Lipinski definition) is 4. The van der Waals surface area contributed by atoms with Crippen LogP contribution in [0, 0.1) is 0 Å². The zero-order valence-electron chi connectivity index (χ0n) is 10.5. The van der Waals surface area contributed by atoms with Crippen molar-refractivity contribution in [2.24, 2.45) is 7.05 Å². The van der Waals surface area contributed by atoms with Gasteiger partial charge in [-0.1, -0.05) is 0 Å². The van der Waals surface area contributed by atoms with Crippen LogP contribution in [0.4, 0.5) is 11.4 Å². The van der Waals surface area contributed by atoms with Crippen LogP contribution in [0.3, 0.4) is 0 Å². The first-order valence-electron chi connectivity index (χ1n) is 5.45. The lowest BCUT2D eigenvalue weighted by Gasteiger charge is -2.08. The maximum atomic E-state index is 12.1. The van der Waals surface area contributed by atoms with Gasteiger partial charge in [-0.05, 0) is 28.1 Å². The van der Waals surface area contributed by atoms with E-state index in [9.17, 15) is 4.79 Å². The molecule has 7 heteroatoms. The van der Waals surface area contributed by atoms with Crippen LogP contribution in [0.1, 0.15) is 10.5 Å². The van der Waals surface area contributed by atoms with Crippen molar-refractivity contribution in [3.05, 3.63) is 34.6 Å². The zero-order valence-corrected chi connectivity index (χ0v) is 12.1. The maximum absolute atomic E-state index is 12.1. The van der Waals surface area contributed by atoms with E-state index >= 15 is 0 Å². The van der Waals surface area contributed by atoms with Crippen LogP contribution in [0.15, 0.2) is 28.9 Å². The minimum atomic E-state index is -0.368. The van der Waals surface area contributed by atoms with Gasteiger partial charge in [-0.2, -0.15) is 5.10 Å². The van der Waals surface area contributed by atoms with E-state index in [2.05, 4.69) is 26.3 Å². The van der Waals surface area contributed by atoms with Gasteiger partial charge in [0.15, 0.2) is 5.69 Å². The number of methoxy groups -OCH3 is 1. The van der Waals surface area contributed by atoms with Crippen molar-refractivity contribution in [1.82, 2.24) is 9.78 Å². The number of amides is 1. The number of carbonyl (C=O) groups is 1. The molecule has 0 radical (unpaired) electrons. The number of halogens is 1. The summed E-state index contributed by atoms with van der Waals surface area (Å²) in [5, 5.41) is 6.75. The topological polar surface area (TPSA) is 82.2 Å². The van der Waals surface area contributed by atoms with Gasteiger partial charge in [0.2, 0.25) is 0 Å². The minimum absolute atomic E-state index is 0.192. The third kappa shape index (κ3) is 2.87. The number of nitrogens with zero attached hydrogens (tertiary/aromatic N) is 2. The Labute approximate surface area is 118 Å². The highest BCUT2D eigenvalue weighted by molar-refractivity contribution is 9.10. The lowest BCUT2D eigenvalue weighted by molar-refractivity contribution is 0.102. The molecule has 1 aromatic heterocycles. The Morgan fingerprint density at radius 1 is 1.53 bits per heavy atom. The molecule has 0 aliphatic heterocycles. The predicted octanol–water partition coefficient (Wildman–Crippen LogP) is 2.03. The molecule has 100 valence electrons. The number of benzene rings is 1. The summed E-state index contributed by atoms with van der Waals surface area (Å²) in [6.45, 7) is 0. The number of aryl methyl sites for hydroxylation is 1. The summed E-state index contributed by atoms with van der Waals surface area (Å²) in [4.78, 5) is 12.1. The van der Waals surface area contributed by atoms with Gasteiger partial charge in [-0.25, -0.2) is 0 Å². The first-order valence-corrected chi connectivity index (χ1v) is 6.24. The Balaban J connectivity index is 2.26. The van der Waals surface area contributed by atoms with Gasteiger partial charge < -0.3 is 15.8 Å². The number of anilines is 2. The molecule has 0 spiro atoms. The SMILES string of the molecule is COc1ccc(Br)c(NC(=O)c2nn(C)cc2N)c1. The fourth-order valence-electron chi connectivity index (χ4n) is 1.59. The molecule has 0 atom stereocenters. The Morgan fingerprint density at radius 3 is 2.84 bits per heavy atom. The molecule has 0 saturated carbocycles. The highest BCUT2D eigenvalue weighted by Gasteiger charge is 2.15. The Hall–Kier alpha value is -2.02. The molecule has 6 nitrogen and oxygen atoms in total. The predicted molar refractivity (Wildman–Crippen MR) is 76.3 cm³/mol. The second-order valence-electron chi connectivity index (χ2n) is 3.91. The second-order valence-corrected chi connectivity index (χ2v) is 4.76. The molecular formula is C12H13BrN4O2. The summed E-state index contributed by atoms with van der Waals surface area (Å²) in [6.07, 6.45) is 1.58. The van der Waals surface area contributed by atoms with Crippen LogP contribution in [0.5, 0.6) is 5.75 Å². The molecule has 0 aliphatic carbocycles. The number of nitrogen functional groups attached to an aromatic ring is 1. The Bertz CT molecular complexity index is 624. The average molecular weight is 325 g/mol. The molecule has 2 aromatic rings. The minimum Gasteiger partial charge on any atom is -0.497 e. The molecule has 1 amide bonds. The van der Waals surface area contributed by atoms with E-state index in [4.69, 9.17) is 10.5 Å². The molecule has 3 N–H and O–H groups in total. The Kier molecular flexibility index (Phi) is 3.75. The smallest absolute Gasteiger partial charge is 0.278 e. The van der Waals surface area contributed by atoms with Crippen molar-refractivity contribution in [3.63, 3.8) is 0 Å². The third-order valence-electron chi connectivity index (χ3n) is 2.49. The van der Waals surface area contributed by atoms with Crippen molar-refractivity contribution in [2.45, 2.75) is 0 Å². The van der Waals surface area contributed by atoms with Crippen molar-refractivity contribution in [3.8, 4) is 5.75 Å². The molecule has 1 aromatic carbocycles. The van der Waals surface area contributed by atoms with E-state index < -0.39 is 0 Å². The summed E-state index contributed by atoms with van der Waals surface area (Å²) >= 11 is 3.36. The van der Waals surface area contributed by atoms with Crippen LogP contribution in [0.25, 0.3) is 0 Å². The van der Waals surface area contributed by atoms with Crippen molar-refractivity contribution in [2.75, 3.05) is 18.2 Å². The number of aromatic nitrogens is 2. The van der Waals surface area contributed by atoms with Crippen LogP contribution >= 0.6 is 15.9 Å². The molecule has 0 aliphatic rings. The zero-order chi connectivity index (χ0) is 14.0. The van der Waals surface area contributed by atoms with Gasteiger partial charge in [0.1, 0.15) is 5.75 Å². The molecule has 2 rings (SSSR count). The van der Waals surface area contributed by atoms with Gasteiger partial charge in [0.05, 0.1) is 18.5 Å². The fraction of sp³-hybridized carbons (Fsp3) is 0.167. The molecular weight excluding hydrogens is 312 g/mol. The first-order chi connectivity index (χ1) is 9.01. The van der Waals surface area contributed by atoms with Gasteiger partial charge in [-0.3, -0.25) is 9.48 Å². The molecule has 19 heavy (non-hydrogen) atoms. The van der Waals surface area contributed by atoms with E-state index in [-0.39, 0.29) is 11.6 Å². The third-order valence-corrected chi connectivity index (χ3v) is 3.19. The number of nitrogens with one attached hydrogen (secondary N) is 1. The second kappa shape index (κ2) is 5.31. The molecule has 0 bridgehead atoms. The van der Waals surface area contributed by atoms with Crippen LogP contribution in [-0.4, -0.2) is 22.8 Å². The number of ether oxygens (including phenoxy) is 1. The first kappa shape index (κ1) is 13.4. The average Bonchev–Trinajstić information content (AvgIpc) is 2.71. The van der Waals surface area contributed by atoms with E-state index in [0.717, 1.165) is 4.47 Å². The van der Waals surface area contributed by atoms with Crippen LogP contribution in [-0.2, 0) is 7.05 Å². The van der Waals surface area contributed by atoms with E-state index in [0.29, 0.717) is 17.1 Å². The van der Waals surface area contributed by atoms with E-state index in [1.807, 2.05) is 0 Å². The number of nitrogens with two attached hydrogens (primary N) is 1.